The minimum Gasteiger partial charge on any atom is -0.466 e. The van der Waals surface area contributed by atoms with Gasteiger partial charge in [-0.1, -0.05) is 12.6 Å². The summed E-state index contributed by atoms with van der Waals surface area (Å²) in [6.07, 6.45) is 0.588. The van der Waals surface area contributed by atoms with Gasteiger partial charge in [0.2, 0.25) is 0 Å². The van der Waals surface area contributed by atoms with Gasteiger partial charge in [0.25, 0.3) is 0 Å². The zero-order valence-corrected chi connectivity index (χ0v) is 7.69. The first-order valence-electron chi connectivity index (χ1n) is 3.52. The van der Waals surface area contributed by atoms with E-state index < -0.39 is 0 Å². The van der Waals surface area contributed by atoms with Crippen LogP contribution < -0.4 is 0 Å². The number of carbonyl (C=O) groups is 1. The summed E-state index contributed by atoms with van der Waals surface area (Å²) < 4.78 is 4.53. The second-order valence-corrected chi connectivity index (χ2v) is 3.38. The molecule has 0 saturated heterocycles. The molecule has 64 valence electrons. The number of esters is 1. The molecule has 0 saturated carbocycles. The fraction of sp³-hybridized carbons (Fsp3) is 0.222. The van der Waals surface area contributed by atoms with Crippen molar-refractivity contribution in [2.75, 3.05) is 7.11 Å². The second-order valence-electron chi connectivity index (χ2n) is 2.35. The van der Waals surface area contributed by atoms with Crippen LogP contribution in [0.3, 0.4) is 0 Å². The number of carbonyl (C=O) groups excluding carboxylic acids is 1. The molecule has 0 amide bonds. The summed E-state index contributed by atoms with van der Waals surface area (Å²) in [5, 5.41) is 1.97. The van der Waals surface area contributed by atoms with E-state index in [1.165, 1.54) is 7.11 Å². The highest BCUT2D eigenvalue weighted by Gasteiger charge is 2.07. The van der Waals surface area contributed by atoms with Crippen molar-refractivity contribution in [2.24, 2.45) is 0 Å². The zero-order chi connectivity index (χ0) is 8.97. The van der Waals surface area contributed by atoms with Crippen LogP contribution in [-0.4, -0.2) is 13.1 Å². The van der Waals surface area contributed by atoms with E-state index in [-0.39, 0.29) is 5.97 Å². The Hall–Kier alpha value is -1.09. The molecule has 1 heterocycles. The Morgan fingerprint density at radius 1 is 1.75 bits per heavy atom. The van der Waals surface area contributed by atoms with Gasteiger partial charge in [0.1, 0.15) is 0 Å². The lowest BCUT2D eigenvalue weighted by Gasteiger charge is -1.99. The van der Waals surface area contributed by atoms with E-state index in [1.807, 2.05) is 17.5 Å². The summed E-state index contributed by atoms with van der Waals surface area (Å²) in [5.41, 5.74) is 0.500. The molecule has 0 spiro atoms. The van der Waals surface area contributed by atoms with Crippen molar-refractivity contribution < 1.29 is 9.53 Å². The average Bonchev–Trinajstić information content (AvgIpc) is 2.55. The van der Waals surface area contributed by atoms with Gasteiger partial charge in [0, 0.05) is 16.9 Å². The van der Waals surface area contributed by atoms with E-state index in [4.69, 9.17) is 0 Å². The summed E-state index contributed by atoms with van der Waals surface area (Å²) in [6, 6.07) is 3.92. The number of methoxy groups -OCH3 is 1. The van der Waals surface area contributed by atoms with Gasteiger partial charge in [-0.3, -0.25) is 0 Å². The third-order valence-corrected chi connectivity index (χ3v) is 2.32. The van der Waals surface area contributed by atoms with E-state index in [9.17, 15) is 4.79 Å². The number of rotatable bonds is 3. The Balaban J connectivity index is 2.53. The molecule has 0 radical (unpaired) electrons. The molecule has 0 aromatic carbocycles. The maximum atomic E-state index is 10.9. The van der Waals surface area contributed by atoms with E-state index in [2.05, 4.69) is 11.3 Å². The molecule has 0 fully saturated rings. The number of hydrogen-bond acceptors (Lipinski definition) is 3. The first kappa shape index (κ1) is 9.00. The van der Waals surface area contributed by atoms with Gasteiger partial charge in [-0.25, -0.2) is 4.79 Å². The molecule has 0 N–H and O–H groups in total. The number of thiophene rings is 1. The predicted molar refractivity (Wildman–Crippen MR) is 49.2 cm³/mol. The van der Waals surface area contributed by atoms with Crippen molar-refractivity contribution in [3.63, 3.8) is 0 Å². The minimum atomic E-state index is -0.330. The Morgan fingerprint density at radius 3 is 3.00 bits per heavy atom. The van der Waals surface area contributed by atoms with Crippen LogP contribution in [0.1, 0.15) is 4.88 Å². The lowest BCUT2D eigenvalue weighted by molar-refractivity contribution is -0.136. The smallest absolute Gasteiger partial charge is 0.333 e. The molecule has 12 heavy (non-hydrogen) atoms. The third-order valence-electron chi connectivity index (χ3n) is 1.44. The highest BCUT2D eigenvalue weighted by molar-refractivity contribution is 7.09. The normalized spacial score (nSPS) is 9.42. The van der Waals surface area contributed by atoms with Crippen molar-refractivity contribution in [2.45, 2.75) is 6.42 Å². The van der Waals surface area contributed by atoms with Crippen LogP contribution in [-0.2, 0) is 16.0 Å². The minimum absolute atomic E-state index is 0.330. The van der Waals surface area contributed by atoms with Crippen LogP contribution in [0.4, 0.5) is 0 Å². The van der Waals surface area contributed by atoms with Crippen molar-refractivity contribution >= 4 is 17.3 Å². The SMILES string of the molecule is C=C(Cc1cccs1)C(=O)OC. The average molecular weight is 182 g/mol. The van der Waals surface area contributed by atoms with Gasteiger partial charge in [-0.2, -0.15) is 0 Å². The quantitative estimate of drug-likeness (QED) is 0.528. The highest BCUT2D eigenvalue weighted by Crippen LogP contribution is 2.13. The first-order chi connectivity index (χ1) is 5.74. The molecular weight excluding hydrogens is 172 g/mol. The first-order valence-corrected chi connectivity index (χ1v) is 4.40. The molecule has 1 rings (SSSR count). The van der Waals surface area contributed by atoms with Gasteiger partial charge in [-0.15, -0.1) is 11.3 Å². The molecule has 0 aliphatic carbocycles. The maximum absolute atomic E-state index is 10.9. The second kappa shape index (κ2) is 4.07. The highest BCUT2D eigenvalue weighted by atomic mass is 32.1. The Kier molecular flexibility index (Phi) is 3.05. The molecule has 1 aromatic heterocycles. The lowest BCUT2D eigenvalue weighted by Crippen LogP contribution is -2.05. The molecule has 3 heteroatoms. The van der Waals surface area contributed by atoms with Crippen molar-refractivity contribution in [3.05, 3.63) is 34.5 Å². The molecule has 0 aliphatic rings. The standard InChI is InChI=1S/C9H10O2S/c1-7(9(10)11-2)6-8-4-3-5-12-8/h3-5H,1,6H2,2H3. The van der Waals surface area contributed by atoms with Crippen LogP contribution in [0, 0.1) is 0 Å². The van der Waals surface area contributed by atoms with Gasteiger partial charge in [0.05, 0.1) is 7.11 Å². The van der Waals surface area contributed by atoms with E-state index >= 15 is 0 Å². The molecule has 0 bridgehead atoms. The fourth-order valence-corrected chi connectivity index (χ4v) is 1.59. The van der Waals surface area contributed by atoms with E-state index in [0.29, 0.717) is 12.0 Å². The molecule has 0 atom stereocenters. The van der Waals surface area contributed by atoms with Crippen LogP contribution in [0.25, 0.3) is 0 Å². The lowest BCUT2D eigenvalue weighted by atomic mass is 10.2. The third kappa shape index (κ3) is 2.20. The number of hydrogen-bond donors (Lipinski definition) is 0. The summed E-state index contributed by atoms with van der Waals surface area (Å²) in [6.45, 7) is 3.63. The van der Waals surface area contributed by atoms with Crippen LogP contribution in [0.2, 0.25) is 0 Å². The van der Waals surface area contributed by atoms with Gasteiger partial charge < -0.3 is 4.74 Å². The monoisotopic (exact) mass is 182 g/mol. The van der Waals surface area contributed by atoms with Gasteiger partial charge >= 0.3 is 5.97 Å². The van der Waals surface area contributed by atoms with Gasteiger partial charge in [-0.05, 0) is 11.4 Å². The summed E-state index contributed by atoms with van der Waals surface area (Å²) in [5.74, 6) is -0.330. The Labute approximate surface area is 75.5 Å². The van der Waals surface area contributed by atoms with Crippen LogP contribution in [0.5, 0.6) is 0 Å². The summed E-state index contributed by atoms with van der Waals surface area (Å²) >= 11 is 1.61. The summed E-state index contributed by atoms with van der Waals surface area (Å²) in [7, 11) is 1.36. The Bertz CT molecular complexity index is 275. The molecule has 1 aromatic rings. The van der Waals surface area contributed by atoms with Crippen molar-refractivity contribution in [1.82, 2.24) is 0 Å². The van der Waals surface area contributed by atoms with E-state index in [1.54, 1.807) is 11.3 Å². The molecule has 0 unspecified atom stereocenters. The Morgan fingerprint density at radius 2 is 2.50 bits per heavy atom. The van der Waals surface area contributed by atoms with E-state index in [0.717, 1.165) is 4.88 Å². The molecule has 2 nitrogen and oxygen atoms in total. The van der Waals surface area contributed by atoms with Crippen LogP contribution >= 0.6 is 11.3 Å². The van der Waals surface area contributed by atoms with Crippen molar-refractivity contribution in [3.8, 4) is 0 Å². The maximum Gasteiger partial charge on any atom is 0.333 e. The number of ether oxygens (including phenoxy) is 1. The van der Waals surface area contributed by atoms with Crippen molar-refractivity contribution in [1.29, 1.82) is 0 Å². The largest absolute Gasteiger partial charge is 0.466 e. The van der Waals surface area contributed by atoms with Gasteiger partial charge in [0.15, 0.2) is 0 Å². The molecular formula is C9H10O2S. The topological polar surface area (TPSA) is 26.3 Å². The molecule has 0 aliphatic heterocycles. The van der Waals surface area contributed by atoms with Crippen LogP contribution in [0.15, 0.2) is 29.7 Å². The predicted octanol–water partition coefficient (Wildman–Crippen LogP) is 2.02. The zero-order valence-electron chi connectivity index (χ0n) is 6.87. The fourth-order valence-electron chi connectivity index (χ4n) is 0.840. The summed E-state index contributed by atoms with van der Waals surface area (Å²) in [4.78, 5) is 12.1.